The molecule has 1 saturated carbocycles. The molecule has 2 aromatic rings. The van der Waals surface area contributed by atoms with Crippen molar-refractivity contribution >= 4 is 11.8 Å². The molecule has 1 aliphatic carbocycles. The van der Waals surface area contributed by atoms with Crippen LogP contribution in [0.4, 0.5) is 0 Å². The molecule has 1 atom stereocenters. The highest BCUT2D eigenvalue weighted by Crippen LogP contribution is 2.31. The minimum absolute atomic E-state index is 0.00777. The molecule has 0 saturated heterocycles. The van der Waals surface area contributed by atoms with Gasteiger partial charge in [0.25, 0.3) is 11.8 Å². The van der Waals surface area contributed by atoms with Crippen molar-refractivity contribution in [3.8, 4) is 5.75 Å². The van der Waals surface area contributed by atoms with Gasteiger partial charge in [-0.15, -0.1) is 0 Å². The van der Waals surface area contributed by atoms with Crippen molar-refractivity contribution in [2.45, 2.75) is 50.7 Å². The Kier molecular flexibility index (Phi) is 6.59. The van der Waals surface area contributed by atoms with Gasteiger partial charge in [-0.2, -0.15) is 0 Å². The summed E-state index contributed by atoms with van der Waals surface area (Å²) in [5.74, 6) is 0.417. The lowest BCUT2D eigenvalue weighted by Gasteiger charge is -2.26. The van der Waals surface area contributed by atoms with Crippen LogP contribution in [0.2, 0.25) is 0 Å². The Labute approximate surface area is 170 Å². The lowest BCUT2D eigenvalue weighted by molar-refractivity contribution is 0.0864. The standard InChI is InChI=1S/C22H28N2O5/c1-13(14-4-10-17(28-3)11-5-14)20-18(12-19(29-20)22(27)23-2)21(26)24-15-6-8-16(25)9-7-15/h4-5,10-13,15-16,25H,6-9H2,1-3H3,(H,23,27)(H,24,26)/t13-,15?,16?/m0/s1. The van der Waals surface area contributed by atoms with Crippen molar-refractivity contribution in [1.82, 2.24) is 10.6 Å². The van der Waals surface area contributed by atoms with E-state index in [2.05, 4.69) is 10.6 Å². The van der Waals surface area contributed by atoms with E-state index < -0.39 is 0 Å². The third kappa shape index (κ3) is 4.79. The molecule has 2 amide bonds. The number of aliphatic hydroxyl groups excluding tert-OH is 1. The second kappa shape index (κ2) is 9.13. The van der Waals surface area contributed by atoms with E-state index in [-0.39, 0.29) is 35.6 Å². The summed E-state index contributed by atoms with van der Waals surface area (Å²) in [6.45, 7) is 1.93. The summed E-state index contributed by atoms with van der Waals surface area (Å²) in [5.41, 5.74) is 1.30. The molecule has 1 aromatic carbocycles. The Morgan fingerprint density at radius 2 is 1.79 bits per heavy atom. The van der Waals surface area contributed by atoms with Gasteiger partial charge in [-0.1, -0.05) is 19.1 Å². The molecule has 7 nitrogen and oxygen atoms in total. The number of nitrogens with one attached hydrogen (secondary N) is 2. The van der Waals surface area contributed by atoms with Crippen LogP contribution in [-0.4, -0.2) is 43.2 Å². The molecule has 1 aliphatic rings. The maximum Gasteiger partial charge on any atom is 0.286 e. The molecule has 1 fully saturated rings. The number of benzene rings is 1. The van der Waals surface area contributed by atoms with E-state index in [1.54, 1.807) is 7.11 Å². The molecule has 0 unspecified atom stereocenters. The van der Waals surface area contributed by atoms with E-state index in [1.165, 1.54) is 13.1 Å². The highest BCUT2D eigenvalue weighted by atomic mass is 16.5. The molecular formula is C22H28N2O5. The number of ether oxygens (including phenoxy) is 1. The second-order valence-corrected chi connectivity index (χ2v) is 7.44. The van der Waals surface area contributed by atoms with Gasteiger partial charge in [-0.25, -0.2) is 0 Å². The molecule has 3 rings (SSSR count). The number of carbonyl (C=O) groups is 2. The molecule has 0 aliphatic heterocycles. The Bertz CT molecular complexity index is 851. The average molecular weight is 400 g/mol. The van der Waals surface area contributed by atoms with Crippen molar-refractivity contribution in [2.24, 2.45) is 0 Å². The quantitative estimate of drug-likeness (QED) is 0.692. The fraction of sp³-hybridized carbons (Fsp3) is 0.455. The molecular weight excluding hydrogens is 372 g/mol. The Hall–Kier alpha value is -2.80. The molecule has 29 heavy (non-hydrogen) atoms. The first kappa shape index (κ1) is 20.9. The predicted molar refractivity (Wildman–Crippen MR) is 108 cm³/mol. The summed E-state index contributed by atoms with van der Waals surface area (Å²) in [4.78, 5) is 25.1. The third-order valence-electron chi connectivity index (χ3n) is 5.50. The summed E-state index contributed by atoms with van der Waals surface area (Å²) in [5, 5.41) is 15.2. The van der Waals surface area contributed by atoms with Gasteiger partial charge in [0.2, 0.25) is 0 Å². The van der Waals surface area contributed by atoms with Crippen LogP contribution in [0.5, 0.6) is 5.75 Å². The van der Waals surface area contributed by atoms with E-state index in [4.69, 9.17) is 9.15 Å². The number of methoxy groups -OCH3 is 1. The molecule has 7 heteroatoms. The zero-order chi connectivity index (χ0) is 21.0. The largest absolute Gasteiger partial charge is 0.497 e. The van der Waals surface area contributed by atoms with Gasteiger partial charge in [-0.3, -0.25) is 9.59 Å². The van der Waals surface area contributed by atoms with Crippen molar-refractivity contribution in [3.63, 3.8) is 0 Å². The highest BCUT2D eigenvalue weighted by Gasteiger charge is 2.28. The Morgan fingerprint density at radius 1 is 1.14 bits per heavy atom. The van der Waals surface area contributed by atoms with Gasteiger partial charge in [0.1, 0.15) is 11.5 Å². The van der Waals surface area contributed by atoms with Gasteiger partial charge < -0.3 is 24.9 Å². The van der Waals surface area contributed by atoms with Crippen LogP contribution in [-0.2, 0) is 0 Å². The minimum Gasteiger partial charge on any atom is -0.497 e. The number of carbonyl (C=O) groups excluding carboxylic acids is 2. The summed E-state index contributed by atoms with van der Waals surface area (Å²) < 4.78 is 11.0. The van der Waals surface area contributed by atoms with Crippen LogP contribution in [0, 0.1) is 0 Å². The first-order valence-electron chi connectivity index (χ1n) is 9.91. The molecule has 0 bridgehead atoms. The smallest absolute Gasteiger partial charge is 0.286 e. The molecule has 0 spiro atoms. The predicted octanol–water partition coefficient (Wildman–Crippen LogP) is 2.83. The zero-order valence-corrected chi connectivity index (χ0v) is 17.0. The number of aliphatic hydroxyl groups is 1. The highest BCUT2D eigenvalue weighted by molar-refractivity contribution is 5.99. The SMILES string of the molecule is CNC(=O)c1cc(C(=O)NC2CCC(O)CC2)c([C@@H](C)c2ccc(OC)cc2)o1. The van der Waals surface area contributed by atoms with E-state index in [9.17, 15) is 14.7 Å². The number of furan rings is 1. The fourth-order valence-corrected chi connectivity index (χ4v) is 3.67. The number of hydrogen-bond donors (Lipinski definition) is 3. The molecule has 1 aromatic heterocycles. The minimum atomic E-state index is -0.381. The van der Waals surface area contributed by atoms with Gasteiger partial charge in [0, 0.05) is 25.1 Å². The maximum absolute atomic E-state index is 13.0. The Morgan fingerprint density at radius 3 is 2.38 bits per heavy atom. The Balaban J connectivity index is 1.87. The fourth-order valence-electron chi connectivity index (χ4n) is 3.67. The normalized spacial score (nSPS) is 20.0. The van der Waals surface area contributed by atoms with Gasteiger partial charge in [-0.05, 0) is 43.4 Å². The van der Waals surface area contributed by atoms with Crippen LogP contribution in [0.25, 0.3) is 0 Å². The van der Waals surface area contributed by atoms with Crippen LogP contribution in [0.1, 0.15) is 70.8 Å². The zero-order valence-electron chi connectivity index (χ0n) is 17.0. The monoisotopic (exact) mass is 400 g/mol. The molecule has 1 heterocycles. The summed E-state index contributed by atoms with van der Waals surface area (Å²) in [6, 6.07) is 9.03. The number of hydrogen-bond acceptors (Lipinski definition) is 5. The molecule has 156 valence electrons. The molecule has 3 N–H and O–H groups in total. The van der Waals surface area contributed by atoms with E-state index in [0.29, 0.717) is 24.2 Å². The van der Waals surface area contributed by atoms with Gasteiger partial charge in [0.15, 0.2) is 5.76 Å². The van der Waals surface area contributed by atoms with Crippen LogP contribution in [0.3, 0.4) is 0 Å². The second-order valence-electron chi connectivity index (χ2n) is 7.44. The van der Waals surface area contributed by atoms with E-state index in [1.807, 2.05) is 31.2 Å². The van der Waals surface area contributed by atoms with Gasteiger partial charge >= 0.3 is 0 Å². The van der Waals surface area contributed by atoms with Gasteiger partial charge in [0.05, 0.1) is 18.8 Å². The maximum atomic E-state index is 13.0. The average Bonchev–Trinajstić information content (AvgIpc) is 3.20. The number of amides is 2. The summed E-state index contributed by atoms with van der Waals surface area (Å²) in [6.07, 6.45) is 2.53. The van der Waals surface area contributed by atoms with Crippen molar-refractivity contribution < 1.29 is 23.8 Å². The topological polar surface area (TPSA) is 101 Å². The van der Waals surface area contributed by atoms with E-state index >= 15 is 0 Å². The number of rotatable bonds is 6. The lowest BCUT2D eigenvalue weighted by Crippen LogP contribution is -2.38. The first-order chi connectivity index (χ1) is 13.9. The van der Waals surface area contributed by atoms with Crippen LogP contribution >= 0.6 is 0 Å². The van der Waals surface area contributed by atoms with E-state index in [0.717, 1.165) is 24.2 Å². The van der Waals surface area contributed by atoms with Crippen LogP contribution < -0.4 is 15.4 Å². The summed E-state index contributed by atoms with van der Waals surface area (Å²) in [7, 11) is 3.12. The third-order valence-corrected chi connectivity index (χ3v) is 5.50. The lowest BCUT2D eigenvalue weighted by atomic mass is 9.92. The summed E-state index contributed by atoms with van der Waals surface area (Å²) >= 11 is 0. The van der Waals surface area contributed by atoms with Crippen molar-refractivity contribution in [2.75, 3.05) is 14.2 Å². The van der Waals surface area contributed by atoms with Crippen molar-refractivity contribution in [3.05, 3.63) is 53.0 Å². The first-order valence-corrected chi connectivity index (χ1v) is 9.91. The van der Waals surface area contributed by atoms with Crippen molar-refractivity contribution in [1.29, 1.82) is 0 Å². The van der Waals surface area contributed by atoms with Crippen LogP contribution in [0.15, 0.2) is 34.7 Å². The molecule has 0 radical (unpaired) electrons.